The molecule has 2 amide bonds. The summed E-state index contributed by atoms with van der Waals surface area (Å²) in [5.74, 6) is 1.85. The van der Waals surface area contributed by atoms with Crippen LogP contribution < -0.4 is 4.90 Å². The van der Waals surface area contributed by atoms with Gasteiger partial charge in [0, 0.05) is 52.6 Å². The second-order valence-electron chi connectivity index (χ2n) is 6.56. The highest BCUT2D eigenvalue weighted by molar-refractivity contribution is 5.74. The van der Waals surface area contributed by atoms with E-state index >= 15 is 0 Å². The summed E-state index contributed by atoms with van der Waals surface area (Å²) < 4.78 is 0. The molecular formula is C17H25N5O2. The van der Waals surface area contributed by atoms with Crippen molar-refractivity contribution in [2.45, 2.75) is 39.7 Å². The maximum atomic E-state index is 11.7. The maximum Gasteiger partial charge on any atom is 0.220 e. The lowest BCUT2D eigenvalue weighted by atomic mass is 9.99. The summed E-state index contributed by atoms with van der Waals surface area (Å²) >= 11 is 0. The van der Waals surface area contributed by atoms with Gasteiger partial charge in [-0.15, -0.1) is 0 Å². The molecule has 1 atom stereocenters. The minimum absolute atomic E-state index is 0.0728. The van der Waals surface area contributed by atoms with Crippen molar-refractivity contribution < 1.29 is 9.59 Å². The normalized spacial score (nSPS) is 21.3. The van der Waals surface area contributed by atoms with Crippen molar-refractivity contribution in [2.75, 3.05) is 37.6 Å². The van der Waals surface area contributed by atoms with Gasteiger partial charge in [0.1, 0.15) is 11.6 Å². The van der Waals surface area contributed by atoms with Gasteiger partial charge in [-0.1, -0.05) is 0 Å². The third-order valence-corrected chi connectivity index (χ3v) is 4.87. The summed E-state index contributed by atoms with van der Waals surface area (Å²) in [6.45, 7) is 9.08. The van der Waals surface area contributed by atoms with E-state index in [0.717, 1.165) is 62.9 Å². The highest BCUT2D eigenvalue weighted by Gasteiger charge is 2.33. The molecule has 2 aliphatic heterocycles. The first-order valence-corrected chi connectivity index (χ1v) is 8.59. The molecule has 3 heterocycles. The van der Waals surface area contributed by atoms with Gasteiger partial charge in [0.05, 0.1) is 11.7 Å². The summed E-state index contributed by atoms with van der Waals surface area (Å²) in [7, 11) is 0. The van der Waals surface area contributed by atoms with Gasteiger partial charge < -0.3 is 14.7 Å². The van der Waals surface area contributed by atoms with E-state index in [2.05, 4.69) is 14.9 Å². The highest BCUT2D eigenvalue weighted by atomic mass is 16.2. The van der Waals surface area contributed by atoms with Crippen LogP contribution in [0.1, 0.15) is 44.2 Å². The SMILES string of the molecule is CC(=O)N1CCCN(c2cc([C@@H]3CCN3C(C)=O)nc(C)n2)CC1. The van der Waals surface area contributed by atoms with Crippen molar-refractivity contribution in [3.05, 3.63) is 17.6 Å². The van der Waals surface area contributed by atoms with Gasteiger partial charge >= 0.3 is 0 Å². The molecule has 1 aromatic rings. The van der Waals surface area contributed by atoms with Crippen LogP contribution in [-0.2, 0) is 9.59 Å². The summed E-state index contributed by atoms with van der Waals surface area (Å²) in [6.07, 6.45) is 1.88. The molecule has 2 fully saturated rings. The van der Waals surface area contributed by atoms with Crippen molar-refractivity contribution in [3.8, 4) is 0 Å². The smallest absolute Gasteiger partial charge is 0.220 e. The molecule has 3 rings (SSSR count). The van der Waals surface area contributed by atoms with E-state index in [0.29, 0.717) is 0 Å². The Morgan fingerprint density at radius 1 is 1.04 bits per heavy atom. The largest absolute Gasteiger partial charge is 0.355 e. The molecule has 2 aliphatic rings. The van der Waals surface area contributed by atoms with E-state index in [1.54, 1.807) is 13.8 Å². The summed E-state index contributed by atoms with van der Waals surface area (Å²) in [5, 5.41) is 0. The topological polar surface area (TPSA) is 69.6 Å². The van der Waals surface area contributed by atoms with E-state index in [4.69, 9.17) is 0 Å². The number of aromatic nitrogens is 2. The number of anilines is 1. The summed E-state index contributed by atoms with van der Waals surface area (Å²) in [4.78, 5) is 38.3. The average Bonchev–Trinajstić information content (AvgIpc) is 2.70. The first kappa shape index (κ1) is 16.7. The number of likely N-dealkylation sites (tertiary alicyclic amines) is 1. The third-order valence-electron chi connectivity index (χ3n) is 4.87. The van der Waals surface area contributed by atoms with Crippen LogP contribution in [0, 0.1) is 6.92 Å². The molecule has 0 saturated carbocycles. The van der Waals surface area contributed by atoms with Gasteiger partial charge in [-0.2, -0.15) is 0 Å². The molecular weight excluding hydrogens is 306 g/mol. The predicted octanol–water partition coefficient (Wildman–Crippen LogP) is 1.14. The Labute approximate surface area is 142 Å². The van der Waals surface area contributed by atoms with Crippen LogP contribution in [-0.4, -0.2) is 64.3 Å². The lowest BCUT2D eigenvalue weighted by molar-refractivity contribution is -0.136. The third kappa shape index (κ3) is 3.34. The number of hydrogen-bond acceptors (Lipinski definition) is 5. The van der Waals surface area contributed by atoms with Crippen LogP contribution in [0.25, 0.3) is 0 Å². The fourth-order valence-corrected chi connectivity index (χ4v) is 3.44. The van der Waals surface area contributed by atoms with E-state index in [1.165, 1.54) is 0 Å². The molecule has 0 spiro atoms. The number of carbonyl (C=O) groups is 2. The Balaban J connectivity index is 1.79. The number of nitrogens with zero attached hydrogens (tertiary/aromatic N) is 5. The Bertz CT molecular complexity index is 648. The standard InChI is InChI=1S/C17H25N5O2/c1-12-18-15(16-5-8-22(16)14(3)24)11-17(19-12)21-7-4-6-20(9-10-21)13(2)23/h11,16H,4-10H2,1-3H3/t16-/m0/s1. The van der Waals surface area contributed by atoms with E-state index < -0.39 is 0 Å². The number of hydrogen-bond donors (Lipinski definition) is 0. The van der Waals surface area contributed by atoms with Gasteiger partial charge in [-0.3, -0.25) is 9.59 Å². The van der Waals surface area contributed by atoms with Gasteiger partial charge in [0.15, 0.2) is 0 Å². The number of aryl methyl sites for hydroxylation is 1. The zero-order chi connectivity index (χ0) is 17.3. The van der Waals surface area contributed by atoms with Crippen molar-refractivity contribution in [1.82, 2.24) is 19.8 Å². The molecule has 7 nitrogen and oxygen atoms in total. The van der Waals surface area contributed by atoms with Crippen molar-refractivity contribution in [2.24, 2.45) is 0 Å². The van der Waals surface area contributed by atoms with E-state index in [9.17, 15) is 9.59 Å². The summed E-state index contributed by atoms with van der Waals surface area (Å²) in [5.41, 5.74) is 0.923. The average molecular weight is 331 g/mol. The first-order valence-electron chi connectivity index (χ1n) is 8.59. The fraction of sp³-hybridized carbons (Fsp3) is 0.647. The summed E-state index contributed by atoms with van der Waals surface area (Å²) in [6, 6.07) is 2.08. The Morgan fingerprint density at radius 3 is 2.46 bits per heavy atom. The Kier molecular flexibility index (Phi) is 4.69. The van der Waals surface area contributed by atoms with Crippen LogP contribution in [0.3, 0.4) is 0 Å². The fourth-order valence-electron chi connectivity index (χ4n) is 3.44. The van der Waals surface area contributed by atoms with Crippen LogP contribution in [0.5, 0.6) is 0 Å². The van der Waals surface area contributed by atoms with Gasteiger partial charge in [-0.25, -0.2) is 9.97 Å². The van der Waals surface area contributed by atoms with E-state index in [1.807, 2.05) is 22.8 Å². The minimum Gasteiger partial charge on any atom is -0.355 e. The van der Waals surface area contributed by atoms with Gasteiger partial charge in [0.2, 0.25) is 11.8 Å². The molecule has 0 aliphatic carbocycles. The molecule has 1 aromatic heterocycles. The van der Waals surface area contributed by atoms with Crippen LogP contribution in [0.2, 0.25) is 0 Å². The second-order valence-corrected chi connectivity index (χ2v) is 6.56. The first-order chi connectivity index (χ1) is 11.5. The lowest BCUT2D eigenvalue weighted by Gasteiger charge is -2.40. The molecule has 0 aromatic carbocycles. The molecule has 7 heteroatoms. The molecule has 0 unspecified atom stereocenters. The monoisotopic (exact) mass is 331 g/mol. The minimum atomic E-state index is 0.0728. The van der Waals surface area contributed by atoms with Gasteiger partial charge in [0.25, 0.3) is 0 Å². The highest BCUT2D eigenvalue weighted by Crippen LogP contribution is 2.33. The van der Waals surface area contributed by atoms with Crippen molar-refractivity contribution >= 4 is 17.6 Å². The second kappa shape index (κ2) is 6.75. The lowest BCUT2D eigenvalue weighted by Crippen LogP contribution is -2.44. The maximum absolute atomic E-state index is 11.7. The number of amides is 2. The van der Waals surface area contributed by atoms with Crippen molar-refractivity contribution in [1.29, 1.82) is 0 Å². The molecule has 0 radical (unpaired) electrons. The molecule has 0 bridgehead atoms. The van der Waals surface area contributed by atoms with Gasteiger partial charge in [-0.05, 0) is 19.8 Å². The molecule has 24 heavy (non-hydrogen) atoms. The number of rotatable bonds is 2. The van der Waals surface area contributed by atoms with Crippen LogP contribution in [0.4, 0.5) is 5.82 Å². The predicted molar refractivity (Wildman–Crippen MR) is 90.6 cm³/mol. The quantitative estimate of drug-likeness (QED) is 0.813. The Hall–Kier alpha value is -2.18. The Morgan fingerprint density at radius 2 is 1.83 bits per heavy atom. The number of carbonyl (C=O) groups excluding carboxylic acids is 2. The molecule has 2 saturated heterocycles. The van der Waals surface area contributed by atoms with E-state index in [-0.39, 0.29) is 17.9 Å². The zero-order valence-electron chi connectivity index (χ0n) is 14.7. The van der Waals surface area contributed by atoms with Crippen molar-refractivity contribution in [3.63, 3.8) is 0 Å². The zero-order valence-corrected chi connectivity index (χ0v) is 14.7. The molecule has 0 N–H and O–H groups in total. The molecule has 130 valence electrons. The van der Waals surface area contributed by atoms with Crippen LogP contribution in [0.15, 0.2) is 6.07 Å². The van der Waals surface area contributed by atoms with Crippen LogP contribution >= 0.6 is 0 Å².